The van der Waals surface area contributed by atoms with Gasteiger partial charge >= 0.3 is 0 Å². The Morgan fingerprint density at radius 3 is 2.61 bits per heavy atom. The minimum atomic E-state index is -0.0860. The maximum Gasteiger partial charge on any atom is 0.261 e. The molecule has 1 aliphatic rings. The van der Waals surface area contributed by atoms with Gasteiger partial charge in [-0.15, -0.1) is 11.3 Å². The van der Waals surface area contributed by atoms with Crippen LogP contribution in [0.3, 0.4) is 0 Å². The zero-order chi connectivity index (χ0) is 23.4. The SMILES string of the molecule is COCc1nc(OC)c2c(C)c(C(=O)NCC(c3ccccc3)N3CCC(C)CC3)sc2n1. The van der Waals surface area contributed by atoms with Gasteiger partial charge in [-0.3, -0.25) is 9.69 Å². The lowest BCUT2D eigenvalue weighted by Gasteiger charge is -2.37. The molecule has 0 radical (unpaired) electrons. The van der Waals surface area contributed by atoms with E-state index in [-0.39, 0.29) is 18.6 Å². The van der Waals surface area contributed by atoms with Crippen molar-refractivity contribution < 1.29 is 14.3 Å². The molecule has 4 rings (SSSR count). The van der Waals surface area contributed by atoms with Crippen LogP contribution in [0.5, 0.6) is 5.88 Å². The standard InChI is InChI=1S/C25H32N4O3S/c1-16-10-12-29(13-11-16)19(18-8-6-5-7-9-18)14-26-23(30)22-17(2)21-24(32-4)27-20(15-31-3)28-25(21)33-22/h5-9,16,19H,10-15H2,1-4H3,(H,26,30). The average molecular weight is 469 g/mol. The minimum absolute atomic E-state index is 0.0860. The van der Waals surface area contributed by atoms with Crippen molar-refractivity contribution in [2.24, 2.45) is 5.92 Å². The number of hydrogen-bond acceptors (Lipinski definition) is 7. The van der Waals surface area contributed by atoms with Crippen molar-refractivity contribution in [1.82, 2.24) is 20.2 Å². The van der Waals surface area contributed by atoms with Crippen molar-refractivity contribution >= 4 is 27.5 Å². The first-order valence-electron chi connectivity index (χ1n) is 11.4. The van der Waals surface area contributed by atoms with E-state index in [0.717, 1.165) is 34.8 Å². The fourth-order valence-corrected chi connectivity index (χ4v) is 5.55. The third-order valence-electron chi connectivity index (χ3n) is 6.38. The smallest absolute Gasteiger partial charge is 0.261 e. The summed E-state index contributed by atoms with van der Waals surface area (Å²) in [5.41, 5.74) is 2.08. The number of piperidine rings is 1. The fraction of sp³-hybridized carbons (Fsp3) is 0.480. The normalized spacial score (nSPS) is 16.1. The predicted octanol–water partition coefficient (Wildman–Crippen LogP) is 4.36. The summed E-state index contributed by atoms with van der Waals surface area (Å²) < 4.78 is 10.7. The largest absolute Gasteiger partial charge is 0.480 e. The zero-order valence-electron chi connectivity index (χ0n) is 19.8. The first-order chi connectivity index (χ1) is 16.0. The first kappa shape index (κ1) is 23.6. The number of nitrogens with zero attached hydrogens (tertiary/aromatic N) is 3. The lowest BCUT2D eigenvalue weighted by molar-refractivity contribution is 0.0916. The summed E-state index contributed by atoms with van der Waals surface area (Å²) in [5.74, 6) is 1.69. The number of carbonyl (C=O) groups is 1. The van der Waals surface area contributed by atoms with Crippen LogP contribution in [0.25, 0.3) is 10.2 Å². The summed E-state index contributed by atoms with van der Waals surface area (Å²) in [6.45, 7) is 7.19. The second kappa shape index (κ2) is 10.6. The molecule has 3 aromatic rings. The van der Waals surface area contributed by atoms with E-state index >= 15 is 0 Å². The molecular weight excluding hydrogens is 436 g/mol. The maximum absolute atomic E-state index is 13.3. The van der Waals surface area contributed by atoms with Gasteiger partial charge in [0.05, 0.1) is 23.4 Å². The summed E-state index contributed by atoms with van der Waals surface area (Å²) in [7, 11) is 3.18. The number of methoxy groups -OCH3 is 2. The molecule has 2 aromatic heterocycles. The molecule has 8 heteroatoms. The quantitative estimate of drug-likeness (QED) is 0.529. The summed E-state index contributed by atoms with van der Waals surface area (Å²) in [6, 6.07) is 10.6. The van der Waals surface area contributed by atoms with Gasteiger partial charge in [-0.2, -0.15) is 4.98 Å². The first-order valence-corrected chi connectivity index (χ1v) is 12.2. The molecule has 3 heterocycles. The highest BCUT2D eigenvalue weighted by molar-refractivity contribution is 7.20. The molecule has 0 aliphatic carbocycles. The Kier molecular flexibility index (Phi) is 7.57. The number of fused-ring (bicyclic) bond motifs is 1. The maximum atomic E-state index is 13.3. The molecule has 33 heavy (non-hydrogen) atoms. The third-order valence-corrected chi connectivity index (χ3v) is 7.56. The Balaban J connectivity index is 1.56. The Bertz CT molecular complexity index is 1090. The van der Waals surface area contributed by atoms with Gasteiger partial charge in [-0.05, 0) is 49.9 Å². The number of benzene rings is 1. The van der Waals surface area contributed by atoms with Crippen molar-refractivity contribution in [2.75, 3.05) is 33.9 Å². The molecule has 1 aliphatic heterocycles. The van der Waals surface area contributed by atoms with Crippen molar-refractivity contribution in [2.45, 2.75) is 39.3 Å². The van der Waals surface area contributed by atoms with E-state index in [1.54, 1.807) is 14.2 Å². The Morgan fingerprint density at radius 1 is 1.21 bits per heavy atom. The number of aromatic nitrogens is 2. The van der Waals surface area contributed by atoms with Gasteiger partial charge in [-0.25, -0.2) is 4.98 Å². The monoisotopic (exact) mass is 468 g/mol. The highest BCUT2D eigenvalue weighted by Gasteiger charge is 2.26. The summed E-state index contributed by atoms with van der Waals surface area (Å²) in [4.78, 5) is 26.2. The van der Waals surface area contributed by atoms with Crippen LogP contribution in [0.2, 0.25) is 0 Å². The summed E-state index contributed by atoms with van der Waals surface area (Å²) >= 11 is 1.37. The fourth-order valence-electron chi connectivity index (χ4n) is 4.44. The van der Waals surface area contributed by atoms with E-state index in [2.05, 4.69) is 51.4 Å². The number of hydrogen-bond donors (Lipinski definition) is 1. The second-order valence-electron chi connectivity index (χ2n) is 8.67. The molecule has 1 fully saturated rings. The summed E-state index contributed by atoms with van der Waals surface area (Å²) in [5, 5.41) is 3.99. The van der Waals surface area contributed by atoms with Crippen LogP contribution in [0.15, 0.2) is 30.3 Å². The van der Waals surface area contributed by atoms with Crippen LogP contribution in [-0.4, -0.2) is 54.6 Å². The summed E-state index contributed by atoms with van der Waals surface area (Å²) in [6.07, 6.45) is 2.38. The molecule has 1 aromatic carbocycles. The Labute approximate surface area is 199 Å². The second-order valence-corrected chi connectivity index (χ2v) is 9.67. The van der Waals surface area contributed by atoms with Crippen LogP contribution in [0.1, 0.15) is 52.4 Å². The number of amides is 1. The molecule has 0 spiro atoms. The van der Waals surface area contributed by atoms with E-state index in [0.29, 0.717) is 23.1 Å². The van der Waals surface area contributed by atoms with E-state index in [1.165, 1.54) is 29.7 Å². The number of ether oxygens (including phenoxy) is 2. The number of nitrogens with one attached hydrogen (secondary N) is 1. The molecule has 1 amide bonds. The number of thiophene rings is 1. The molecule has 0 saturated carbocycles. The van der Waals surface area contributed by atoms with E-state index in [4.69, 9.17) is 9.47 Å². The number of rotatable bonds is 8. The van der Waals surface area contributed by atoms with Gasteiger partial charge in [0.15, 0.2) is 5.82 Å². The van der Waals surface area contributed by atoms with Gasteiger partial charge in [-0.1, -0.05) is 37.3 Å². The van der Waals surface area contributed by atoms with Gasteiger partial charge < -0.3 is 14.8 Å². The third kappa shape index (κ3) is 5.18. The minimum Gasteiger partial charge on any atom is -0.480 e. The lowest BCUT2D eigenvalue weighted by Crippen LogP contribution is -2.41. The molecule has 0 bridgehead atoms. The lowest BCUT2D eigenvalue weighted by atomic mass is 9.95. The van der Waals surface area contributed by atoms with Crippen molar-refractivity contribution in [3.05, 3.63) is 52.2 Å². The molecule has 1 unspecified atom stereocenters. The molecule has 1 atom stereocenters. The van der Waals surface area contributed by atoms with Crippen LogP contribution >= 0.6 is 11.3 Å². The van der Waals surface area contributed by atoms with Crippen molar-refractivity contribution in [3.63, 3.8) is 0 Å². The topological polar surface area (TPSA) is 76.6 Å². The number of aryl methyl sites for hydroxylation is 1. The Hall–Kier alpha value is -2.55. The van der Waals surface area contributed by atoms with Crippen LogP contribution < -0.4 is 10.1 Å². The van der Waals surface area contributed by atoms with E-state index < -0.39 is 0 Å². The molecule has 1 N–H and O–H groups in total. The molecule has 1 saturated heterocycles. The average Bonchev–Trinajstić information content (AvgIpc) is 3.17. The number of likely N-dealkylation sites (tertiary alicyclic amines) is 1. The van der Waals surface area contributed by atoms with Crippen LogP contribution in [0, 0.1) is 12.8 Å². The van der Waals surface area contributed by atoms with E-state index in [1.807, 2.05) is 13.0 Å². The highest BCUT2D eigenvalue weighted by atomic mass is 32.1. The number of carbonyl (C=O) groups excluding carboxylic acids is 1. The van der Waals surface area contributed by atoms with Crippen molar-refractivity contribution in [3.8, 4) is 5.88 Å². The molecular formula is C25H32N4O3S. The van der Waals surface area contributed by atoms with Crippen LogP contribution in [0.4, 0.5) is 0 Å². The van der Waals surface area contributed by atoms with Gasteiger partial charge in [0, 0.05) is 13.7 Å². The van der Waals surface area contributed by atoms with Gasteiger partial charge in [0.25, 0.3) is 5.91 Å². The van der Waals surface area contributed by atoms with Crippen molar-refractivity contribution in [1.29, 1.82) is 0 Å². The van der Waals surface area contributed by atoms with Gasteiger partial charge in [0.1, 0.15) is 11.4 Å². The van der Waals surface area contributed by atoms with E-state index in [9.17, 15) is 4.79 Å². The van der Waals surface area contributed by atoms with Crippen LogP contribution in [-0.2, 0) is 11.3 Å². The zero-order valence-corrected chi connectivity index (χ0v) is 20.6. The molecule has 7 nitrogen and oxygen atoms in total. The van der Waals surface area contributed by atoms with Gasteiger partial charge in [0.2, 0.25) is 5.88 Å². The Morgan fingerprint density at radius 2 is 1.94 bits per heavy atom. The predicted molar refractivity (Wildman–Crippen MR) is 131 cm³/mol. The highest BCUT2D eigenvalue weighted by Crippen LogP contribution is 2.35. The molecule has 176 valence electrons.